The maximum Gasteiger partial charge on any atom is 0.0316 e. The molecule has 0 radical (unpaired) electrons. The van der Waals surface area contributed by atoms with E-state index in [0.717, 1.165) is 11.4 Å². The highest BCUT2D eigenvalue weighted by Gasteiger charge is 2.18. The number of aryl methyl sites for hydroxylation is 4. The van der Waals surface area contributed by atoms with Gasteiger partial charge in [0, 0.05) is 23.2 Å². The van der Waals surface area contributed by atoms with E-state index in [4.69, 9.17) is 11.5 Å². The number of anilines is 2. The molecule has 2 heteroatoms. The Kier molecular flexibility index (Phi) is 29.8. The van der Waals surface area contributed by atoms with Crippen LogP contribution in [0.25, 0.3) is 0 Å². The molecule has 0 bridgehead atoms. The van der Waals surface area contributed by atoms with Crippen molar-refractivity contribution in [2.75, 3.05) is 11.5 Å². The molecule has 4 rings (SSSR count). The fraction of sp³-hybridized carbons (Fsp3) is 0.631. The van der Waals surface area contributed by atoms with Crippen LogP contribution in [0.1, 0.15) is 282 Å². The van der Waals surface area contributed by atoms with E-state index in [1.54, 1.807) is 0 Å². The normalized spacial score (nSPS) is 12.5. The van der Waals surface area contributed by atoms with Gasteiger partial charge in [-0.05, 0) is 121 Å². The fourth-order valence-electron chi connectivity index (χ4n) is 10.9. The number of hydrogen-bond donors (Lipinski definition) is 2. The quantitative estimate of drug-likeness (QED) is 0.0345. The smallest absolute Gasteiger partial charge is 0.0316 e. The molecule has 67 heavy (non-hydrogen) atoms. The minimum absolute atomic E-state index is 0.462. The monoisotopic (exact) mass is 911 g/mol. The summed E-state index contributed by atoms with van der Waals surface area (Å²) in [6, 6.07) is 32.5. The molecule has 4 aromatic rings. The highest BCUT2D eigenvalue weighted by Crippen LogP contribution is 2.35. The summed E-state index contributed by atoms with van der Waals surface area (Å²) in [5, 5.41) is 0. The first-order valence-corrected chi connectivity index (χ1v) is 28.8. The molecule has 0 amide bonds. The molecule has 0 spiro atoms. The van der Waals surface area contributed by atoms with Gasteiger partial charge in [-0.1, -0.05) is 261 Å². The lowest BCUT2D eigenvalue weighted by atomic mass is 9.84. The number of rotatable bonds is 40. The van der Waals surface area contributed by atoms with Crippen LogP contribution in [0.5, 0.6) is 0 Å². The van der Waals surface area contributed by atoms with Crippen LogP contribution >= 0.6 is 0 Å². The summed E-state index contributed by atoms with van der Waals surface area (Å²) in [6.45, 7) is 9.09. The molecule has 0 aromatic heterocycles. The molecule has 2 unspecified atom stereocenters. The lowest BCUT2D eigenvalue weighted by molar-refractivity contribution is 0.536. The zero-order valence-corrected chi connectivity index (χ0v) is 44.1. The second-order valence-corrected chi connectivity index (χ2v) is 21.2. The minimum atomic E-state index is 0.462. The summed E-state index contributed by atoms with van der Waals surface area (Å²) >= 11 is 0. The second-order valence-electron chi connectivity index (χ2n) is 21.2. The van der Waals surface area contributed by atoms with Crippen LogP contribution < -0.4 is 11.5 Å². The Morgan fingerprint density at radius 1 is 0.313 bits per heavy atom. The number of hydrogen-bond acceptors (Lipinski definition) is 2. The van der Waals surface area contributed by atoms with Crippen LogP contribution in [0.4, 0.5) is 11.4 Å². The van der Waals surface area contributed by atoms with E-state index in [0.29, 0.717) is 11.8 Å². The predicted molar refractivity (Wildman–Crippen MR) is 299 cm³/mol. The molecule has 4 aromatic carbocycles. The summed E-state index contributed by atoms with van der Waals surface area (Å²) in [4.78, 5) is 0. The molecule has 0 aliphatic heterocycles. The van der Waals surface area contributed by atoms with E-state index < -0.39 is 0 Å². The van der Waals surface area contributed by atoms with Crippen molar-refractivity contribution in [2.24, 2.45) is 0 Å². The summed E-state index contributed by atoms with van der Waals surface area (Å²) < 4.78 is 0. The van der Waals surface area contributed by atoms with Crippen molar-refractivity contribution in [1.29, 1.82) is 0 Å². The Morgan fingerprint density at radius 3 is 0.866 bits per heavy atom. The number of nitrogen functional groups attached to an aromatic ring is 2. The van der Waals surface area contributed by atoms with Gasteiger partial charge >= 0.3 is 0 Å². The molecule has 0 aliphatic rings. The third-order valence-corrected chi connectivity index (χ3v) is 15.2. The lowest BCUT2D eigenvalue weighted by Gasteiger charge is -2.21. The van der Waals surface area contributed by atoms with Gasteiger partial charge < -0.3 is 11.5 Å². The zero-order chi connectivity index (χ0) is 47.6. The maximum atomic E-state index is 6.16. The van der Waals surface area contributed by atoms with Crippen LogP contribution in [0.3, 0.4) is 0 Å². The topological polar surface area (TPSA) is 52.0 Å². The van der Waals surface area contributed by atoms with Crippen LogP contribution in [-0.4, -0.2) is 0 Å². The van der Waals surface area contributed by atoms with Gasteiger partial charge in [0.05, 0.1) is 0 Å². The average molecular weight is 912 g/mol. The minimum Gasteiger partial charge on any atom is -0.399 e. The van der Waals surface area contributed by atoms with Gasteiger partial charge in [0.25, 0.3) is 0 Å². The second kappa shape index (κ2) is 35.6. The van der Waals surface area contributed by atoms with Gasteiger partial charge in [-0.15, -0.1) is 0 Å². The Balaban J connectivity index is 1.02. The Labute approximate surface area is 414 Å². The third-order valence-electron chi connectivity index (χ3n) is 15.2. The highest BCUT2D eigenvalue weighted by molar-refractivity contribution is 5.49. The summed E-state index contributed by atoms with van der Waals surface area (Å²) in [7, 11) is 0. The average Bonchev–Trinajstić information content (AvgIpc) is 3.33. The van der Waals surface area contributed by atoms with Crippen molar-refractivity contribution in [3.63, 3.8) is 0 Å². The van der Waals surface area contributed by atoms with Gasteiger partial charge in [-0.3, -0.25) is 0 Å². The Bertz CT molecular complexity index is 1670. The van der Waals surface area contributed by atoms with Crippen molar-refractivity contribution in [3.05, 3.63) is 129 Å². The molecule has 0 aliphatic carbocycles. The van der Waals surface area contributed by atoms with Crippen molar-refractivity contribution < 1.29 is 0 Å². The van der Waals surface area contributed by atoms with Gasteiger partial charge in [0.2, 0.25) is 0 Å². The van der Waals surface area contributed by atoms with E-state index in [2.05, 4.69) is 113 Å². The molecular formula is C65H102N2. The predicted octanol–water partition coefficient (Wildman–Crippen LogP) is 20.4. The molecular weight excluding hydrogens is 809 g/mol. The van der Waals surface area contributed by atoms with Crippen molar-refractivity contribution in [2.45, 2.75) is 264 Å². The van der Waals surface area contributed by atoms with Crippen LogP contribution in [0.15, 0.2) is 84.9 Å². The zero-order valence-electron chi connectivity index (χ0n) is 44.1. The lowest BCUT2D eigenvalue weighted by Crippen LogP contribution is -2.05. The van der Waals surface area contributed by atoms with Crippen molar-refractivity contribution in [1.82, 2.24) is 0 Å². The largest absolute Gasteiger partial charge is 0.399 e. The summed E-state index contributed by atoms with van der Waals surface area (Å²) in [5.41, 5.74) is 25.6. The van der Waals surface area contributed by atoms with E-state index in [9.17, 15) is 0 Å². The fourth-order valence-corrected chi connectivity index (χ4v) is 10.9. The molecule has 0 heterocycles. The Hall–Kier alpha value is -3.52. The SMILES string of the molecule is CCCCCCCCCCCC(c1ccc(CCCCCCCCCCCCCCCc2ccc(C(CCCCCCCCCCC)c3ccc(N)cc3C)cc2)cc1)c1ccc(N)cc1C. The molecule has 372 valence electrons. The van der Waals surface area contributed by atoms with Crippen LogP contribution in [-0.2, 0) is 12.8 Å². The van der Waals surface area contributed by atoms with Crippen LogP contribution in [0, 0.1) is 13.8 Å². The highest BCUT2D eigenvalue weighted by atomic mass is 14.5. The van der Waals surface area contributed by atoms with E-state index in [1.807, 2.05) is 0 Å². The summed E-state index contributed by atoms with van der Waals surface area (Å²) in [5.74, 6) is 0.924. The first kappa shape index (κ1) is 56.1. The van der Waals surface area contributed by atoms with Crippen molar-refractivity contribution >= 4 is 11.4 Å². The van der Waals surface area contributed by atoms with E-state index in [-0.39, 0.29) is 0 Å². The molecule has 0 saturated carbocycles. The third kappa shape index (κ3) is 23.6. The molecule has 0 fully saturated rings. The van der Waals surface area contributed by atoms with Gasteiger partial charge in [0.15, 0.2) is 0 Å². The number of benzene rings is 4. The maximum absolute atomic E-state index is 6.16. The number of nitrogens with two attached hydrogens (primary N) is 2. The van der Waals surface area contributed by atoms with Gasteiger partial charge in [-0.25, -0.2) is 0 Å². The van der Waals surface area contributed by atoms with Gasteiger partial charge in [0.1, 0.15) is 0 Å². The molecule has 0 saturated heterocycles. The summed E-state index contributed by atoms with van der Waals surface area (Å²) in [6.07, 6.45) is 47.7. The van der Waals surface area contributed by atoms with Crippen LogP contribution in [0.2, 0.25) is 0 Å². The standard InChI is InChI=1S/C65H102N2/c1-5-7-9-11-13-20-26-30-34-38-64(62-50-48-60(66)52-54(62)3)58-44-40-56(41-45-58)36-32-28-24-22-18-16-15-17-19-23-25-29-33-37-57-42-46-59(47-43-57)65(63-51-49-61(67)53-55(63)4)39-35-31-27-21-14-12-10-8-6-2/h40-53,64-65H,5-39,66-67H2,1-4H3. The molecule has 2 atom stereocenters. The number of unbranched alkanes of at least 4 members (excludes halogenated alkanes) is 28. The van der Waals surface area contributed by atoms with Crippen molar-refractivity contribution in [3.8, 4) is 0 Å². The first-order valence-electron chi connectivity index (χ1n) is 28.8. The molecule has 4 N–H and O–H groups in total. The first-order chi connectivity index (χ1) is 32.9. The van der Waals surface area contributed by atoms with E-state index >= 15 is 0 Å². The molecule has 2 nitrogen and oxygen atoms in total. The Morgan fingerprint density at radius 2 is 0.582 bits per heavy atom. The van der Waals surface area contributed by atoms with Gasteiger partial charge in [-0.2, -0.15) is 0 Å². The van der Waals surface area contributed by atoms with E-state index in [1.165, 1.54) is 269 Å².